The van der Waals surface area contributed by atoms with Crippen LogP contribution < -0.4 is 5.01 Å². The largest absolute Gasteiger partial charge is 0.506 e. The number of pyridine rings is 1. The summed E-state index contributed by atoms with van der Waals surface area (Å²) in [5.74, 6) is -0.0869. The second-order valence-corrected chi connectivity index (χ2v) is 4.48. The summed E-state index contributed by atoms with van der Waals surface area (Å²) in [4.78, 5) is 16.1. The molecule has 0 saturated heterocycles. The zero-order valence-electron chi connectivity index (χ0n) is 10.7. The van der Waals surface area contributed by atoms with Crippen LogP contribution in [0.2, 0.25) is 0 Å². The lowest BCUT2D eigenvalue weighted by Gasteiger charge is -2.24. The Morgan fingerprint density at radius 2 is 1.95 bits per heavy atom. The summed E-state index contributed by atoms with van der Waals surface area (Å²) in [7, 11) is 0. The Morgan fingerprint density at radius 3 is 2.70 bits per heavy atom. The monoisotopic (exact) mass is 267 g/mol. The first-order chi connectivity index (χ1) is 9.75. The van der Waals surface area contributed by atoms with Crippen LogP contribution in [0.5, 0.6) is 5.75 Å². The summed E-state index contributed by atoms with van der Waals surface area (Å²) in [5.41, 5.74) is 2.08. The van der Waals surface area contributed by atoms with Crippen molar-refractivity contribution in [3.63, 3.8) is 0 Å². The molecule has 0 fully saturated rings. The highest BCUT2D eigenvalue weighted by Crippen LogP contribution is 2.29. The summed E-state index contributed by atoms with van der Waals surface area (Å²) in [6.45, 7) is 0. The molecule has 0 unspecified atom stereocenters. The van der Waals surface area contributed by atoms with Crippen LogP contribution in [0.25, 0.3) is 0 Å². The number of benzene rings is 1. The number of hydrazone groups is 1. The number of rotatable bonds is 2. The number of para-hydroxylation sites is 2. The summed E-state index contributed by atoms with van der Waals surface area (Å²) in [6.07, 6.45) is 4.35. The number of aromatic nitrogens is 1. The summed E-state index contributed by atoms with van der Waals surface area (Å²) < 4.78 is 0. The molecular formula is C15H13N3O2. The van der Waals surface area contributed by atoms with Gasteiger partial charge in [-0.3, -0.25) is 9.78 Å². The molecule has 2 aromatic rings. The smallest absolute Gasteiger partial charge is 0.247 e. The second-order valence-electron chi connectivity index (χ2n) is 4.48. The number of carbonyl (C=O) groups excluding carboxylic acids is 1. The lowest BCUT2D eigenvalue weighted by Crippen LogP contribution is -2.31. The number of hydrogen-bond acceptors (Lipinski definition) is 4. The first kappa shape index (κ1) is 12.3. The van der Waals surface area contributed by atoms with E-state index in [1.807, 2.05) is 12.1 Å². The molecule has 0 aliphatic carbocycles. The second kappa shape index (κ2) is 5.13. The zero-order chi connectivity index (χ0) is 13.9. The van der Waals surface area contributed by atoms with Gasteiger partial charge in [0, 0.05) is 30.8 Å². The molecule has 1 amide bonds. The zero-order valence-corrected chi connectivity index (χ0v) is 10.7. The average Bonchev–Trinajstić information content (AvgIpc) is 2.49. The molecule has 20 heavy (non-hydrogen) atoms. The molecule has 3 rings (SSSR count). The van der Waals surface area contributed by atoms with Crippen LogP contribution in [0, 0.1) is 0 Å². The van der Waals surface area contributed by atoms with Crippen molar-refractivity contribution in [1.29, 1.82) is 0 Å². The van der Waals surface area contributed by atoms with Gasteiger partial charge in [-0.05, 0) is 18.2 Å². The highest BCUT2D eigenvalue weighted by atomic mass is 16.3. The molecule has 5 nitrogen and oxygen atoms in total. The maximum Gasteiger partial charge on any atom is 0.247 e. The highest BCUT2D eigenvalue weighted by Gasteiger charge is 2.24. The van der Waals surface area contributed by atoms with Crippen LogP contribution in [0.4, 0.5) is 5.69 Å². The lowest BCUT2D eigenvalue weighted by atomic mass is 10.1. The topological polar surface area (TPSA) is 65.8 Å². The number of carbonyl (C=O) groups is 1. The molecule has 1 aromatic carbocycles. The third kappa shape index (κ3) is 2.25. The molecule has 0 radical (unpaired) electrons. The third-order valence-corrected chi connectivity index (χ3v) is 3.14. The Morgan fingerprint density at radius 1 is 1.10 bits per heavy atom. The molecule has 0 spiro atoms. The van der Waals surface area contributed by atoms with Gasteiger partial charge in [-0.1, -0.05) is 18.2 Å². The van der Waals surface area contributed by atoms with Crippen molar-refractivity contribution >= 4 is 17.3 Å². The van der Waals surface area contributed by atoms with Gasteiger partial charge in [0.25, 0.3) is 0 Å². The van der Waals surface area contributed by atoms with Crippen LogP contribution in [-0.2, 0) is 4.79 Å². The van der Waals surface area contributed by atoms with Gasteiger partial charge in [0.1, 0.15) is 11.4 Å². The minimum absolute atomic E-state index is 0.0389. The first-order valence-electron chi connectivity index (χ1n) is 6.34. The van der Waals surface area contributed by atoms with Crippen molar-refractivity contribution in [3.05, 3.63) is 54.4 Å². The number of phenols is 1. The van der Waals surface area contributed by atoms with E-state index in [2.05, 4.69) is 10.1 Å². The maximum absolute atomic E-state index is 12.0. The van der Waals surface area contributed by atoms with Gasteiger partial charge in [0.2, 0.25) is 5.91 Å². The molecule has 2 heterocycles. The third-order valence-electron chi connectivity index (χ3n) is 3.14. The Kier molecular flexibility index (Phi) is 3.16. The number of hydrogen-bond donors (Lipinski definition) is 1. The summed E-state index contributed by atoms with van der Waals surface area (Å²) >= 11 is 0. The van der Waals surface area contributed by atoms with E-state index in [1.165, 1.54) is 11.1 Å². The number of phenolic OH excluding ortho intramolecular Hbond substituents is 1. The summed E-state index contributed by atoms with van der Waals surface area (Å²) in [6, 6.07) is 10.4. The van der Waals surface area contributed by atoms with Gasteiger partial charge in [0.05, 0.1) is 5.71 Å². The quantitative estimate of drug-likeness (QED) is 0.908. The van der Waals surface area contributed by atoms with Crippen molar-refractivity contribution < 1.29 is 9.90 Å². The van der Waals surface area contributed by atoms with E-state index in [-0.39, 0.29) is 11.7 Å². The molecule has 1 N–H and O–H groups in total. The number of amides is 1. The molecule has 5 heteroatoms. The highest BCUT2D eigenvalue weighted by molar-refractivity contribution is 6.08. The molecular weight excluding hydrogens is 254 g/mol. The Hall–Kier alpha value is -2.69. The van der Waals surface area contributed by atoms with E-state index in [9.17, 15) is 9.90 Å². The Bertz CT molecular complexity index is 668. The maximum atomic E-state index is 12.0. The van der Waals surface area contributed by atoms with Crippen molar-refractivity contribution in [1.82, 2.24) is 4.98 Å². The van der Waals surface area contributed by atoms with Gasteiger partial charge >= 0.3 is 0 Å². The van der Waals surface area contributed by atoms with E-state index < -0.39 is 0 Å². The number of anilines is 1. The SMILES string of the molecule is O=C1CCC(c2cccnc2)=NN1c1ccccc1O. The minimum Gasteiger partial charge on any atom is -0.506 e. The van der Waals surface area contributed by atoms with Crippen LogP contribution >= 0.6 is 0 Å². The van der Waals surface area contributed by atoms with Crippen LogP contribution in [0.15, 0.2) is 53.9 Å². The standard InChI is InChI=1S/C15H13N3O2/c19-14-6-2-1-5-13(14)18-15(20)8-7-12(17-18)11-4-3-9-16-10-11/h1-6,9-10,19H,7-8H2. The van der Waals surface area contributed by atoms with Crippen molar-refractivity contribution in [2.24, 2.45) is 5.10 Å². The van der Waals surface area contributed by atoms with Gasteiger partial charge < -0.3 is 5.11 Å². The molecule has 100 valence electrons. The van der Waals surface area contributed by atoms with Crippen LogP contribution in [-0.4, -0.2) is 21.7 Å². The number of aromatic hydroxyl groups is 1. The molecule has 0 bridgehead atoms. The predicted molar refractivity (Wildman–Crippen MR) is 75.6 cm³/mol. The average molecular weight is 267 g/mol. The lowest BCUT2D eigenvalue weighted by molar-refractivity contribution is -0.118. The minimum atomic E-state index is -0.126. The van der Waals surface area contributed by atoms with Crippen LogP contribution in [0.3, 0.4) is 0 Å². The van der Waals surface area contributed by atoms with Gasteiger partial charge in [-0.25, -0.2) is 0 Å². The number of nitrogens with zero attached hydrogens (tertiary/aromatic N) is 3. The van der Waals surface area contributed by atoms with Crippen molar-refractivity contribution in [3.8, 4) is 5.75 Å². The fraction of sp³-hybridized carbons (Fsp3) is 0.133. The predicted octanol–water partition coefficient (Wildman–Crippen LogP) is 2.32. The molecule has 0 atom stereocenters. The Balaban J connectivity index is 2.02. The van der Waals surface area contributed by atoms with Gasteiger partial charge in [0.15, 0.2) is 0 Å². The van der Waals surface area contributed by atoms with Gasteiger partial charge in [-0.2, -0.15) is 10.1 Å². The van der Waals surface area contributed by atoms with Gasteiger partial charge in [-0.15, -0.1) is 0 Å². The van der Waals surface area contributed by atoms with Crippen molar-refractivity contribution in [2.45, 2.75) is 12.8 Å². The fourth-order valence-electron chi connectivity index (χ4n) is 2.12. The summed E-state index contributed by atoms with van der Waals surface area (Å²) in [5, 5.41) is 15.5. The molecule has 1 aliphatic heterocycles. The van der Waals surface area contributed by atoms with E-state index in [4.69, 9.17) is 0 Å². The van der Waals surface area contributed by atoms with Crippen molar-refractivity contribution in [2.75, 3.05) is 5.01 Å². The molecule has 1 aromatic heterocycles. The molecule has 0 saturated carbocycles. The Labute approximate surface area is 116 Å². The van der Waals surface area contributed by atoms with E-state index in [0.29, 0.717) is 18.5 Å². The first-order valence-corrected chi connectivity index (χ1v) is 6.34. The van der Waals surface area contributed by atoms with E-state index in [1.54, 1.807) is 30.6 Å². The molecule has 1 aliphatic rings. The van der Waals surface area contributed by atoms with E-state index in [0.717, 1.165) is 11.3 Å². The van der Waals surface area contributed by atoms with Crippen LogP contribution in [0.1, 0.15) is 18.4 Å². The van der Waals surface area contributed by atoms with E-state index >= 15 is 0 Å². The fourth-order valence-corrected chi connectivity index (χ4v) is 2.12. The normalized spacial score (nSPS) is 15.1.